The minimum atomic E-state index is -0.250. The van der Waals surface area contributed by atoms with Gasteiger partial charge in [-0.05, 0) is 36.5 Å². The smallest absolute Gasteiger partial charge is 0.132 e. The van der Waals surface area contributed by atoms with Crippen LogP contribution in [0, 0.1) is 5.92 Å². The van der Waals surface area contributed by atoms with Crippen LogP contribution in [0.1, 0.15) is 18.4 Å². The zero-order valence-electron chi connectivity index (χ0n) is 11.0. The number of methoxy groups -OCH3 is 2. The number of hydrogen-bond acceptors (Lipinski definition) is 4. The van der Waals surface area contributed by atoms with Crippen LogP contribution in [0.15, 0.2) is 23.1 Å². The minimum absolute atomic E-state index is 0.250. The second-order valence-electron chi connectivity index (χ2n) is 4.72. The summed E-state index contributed by atoms with van der Waals surface area (Å²) in [4.78, 5) is 1.22. The maximum Gasteiger partial charge on any atom is 0.132 e. The molecule has 1 atom stereocenters. The number of hydrogen-bond donors (Lipinski definition) is 1. The van der Waals surface area contributed by atoms with Crippen LogP contribution in [0.25, 0.3) is 0 Å². The van der Waals surface area contributed by atoms with Gasteiger partial charge in [0.05, 0.1) is 7.11 Å². The van der Waals surface area contributed by atoms with Crippen LogP contribution in [0.4, 0.5) is 0 Å². The molecule has 0 saturated heterocycles. The fourth-order valence-electron chi connectivity index (χ4n) is 1.77. The molecule has 0 bridgehead atoms. The van der Waals surface area contributed by atoms with E-state index < -0.39 is 0 Å². The van der Waals surface area contributed by atoms with E-state index in [1.54, 1.807) is 14.2 Å². The van der Waals surface area contributed by atoms with Crippen molar-refractivity contribution < 1.29 is 9.47 Å². The van der Waals surface area contributed by atoms with Crippen LogP contribution in [0.5, 0.6) is 5.75 Å². The van der Waals surface area contributed by atoms with Crippen molar-refractivity contribution in [3.63, 3.8) is 0 Å². The van der Waals surface area contributed by atoms with E-state index in [-0.39, 0.29) is 6.23 Å². The van der Waals surface area contributed by atoms with Crippen molar-refractivity contribution in [3.8, 4) is 5.75 Å². The van der Waals surface area contributed by atoms with Crippen molar-refractivity contribution in [2.24, 2.45) is 11.7 Å². The molecule has 0 heterocycles. The van der Waals surface area contributed by atoms with Gasteiger partial charge in [0.25, 0.3) is 0 Å². The highest BCUT2D eigenvalue weighted by Gasteiger charge is 2.21. The van der Waals surface area contributed by atoms with Gasteiger partial charge in [-0.25, -0.2) is 0 Å². The first-order chi connectivity index (χ1) is 8.72. The van der Waals surface area contributed by atoms with Crippen molar-refractivity contribution in [3.05, 3.63) is 23.8 Å². The summed E-state index contributed by atoms with van der Waals surface area (Å²) in [5.74, 6) is 3.07. The Hall–Kier alpha value is -0.710. The van der Waals surface area contributed by atoms with Crippen molar-refractivity contribution in [1.29, 1.82) is 0 Å². The SMILES string of the molecule is COc1cc(CC(N)OC)ccc1SCC1CC1. The number of nitrogens with two attached hydrogens (primary N) is 1. The zero-order valence-corrected chi connectivity index (χ0v) is 11.8. The molecule has 0 radical (unpaired) electrons. The average molecular weight is 267 g/mol. The maximum absolute atomic E-state index is 5.77. The van der Waals surface area contributed by atoms with E-state index in [1.165, 1.54) is 23.5 Å². The topological polar surface area (TPSA) is 44.5 Å². The Labute approximate surface area is 113 Å². The first-order valence-electron chi connectivity index (χ1n) is 6.31. The number of thioether (sulfide) groups is 1. The van der Waals surface area contributed by atoms with Gasteiger partial charge >= 0.3 is 0 Å². The van der Waals surface area contributed by atoms with Gasteiger partial charge in [-0.2, -0.15) is 0 Å². The molecule has 1 aromatic carbocycles. The monoisotopic (exact) mass is 267 g/mol. The van der Waals surface area contributed by atoms with Crippen LogP contribution in [0.2, 0.25) is 0 Å². The summed E-state index contributed by atoms with van der Waals surface area (Å²) in [6.45, 7) is 0. The predicted octanol–water partition coefficient (Wildman–Crippen LogP) is 2.67. The first-order valence-corrected chi connectivity index (χ1v) is 7.29. The highest BCUT2D eigenvalue weighted by atomic mass is 32.2. The lowest BCUT2D eigenvalue weighted by Crippen LogP contribution is -2.24. The predicted molar refractivity (Wildman–Crippen MR) is 75.1 cm³/mol. The molecule has 1 aliphatic rings. The van der Waals surface area contributed by atoms with Crippen molar-refractivity contribution in [1.82, 2.24) is 0 Å². The van der Waals surface area contributed by atoms with Crippen LogP contribution in [-0.2, 0) is 11.2 Å². The van der Waals surface area contributed by atoms with E-state index in [0.717, 1.165) is 17.2 Å². The molecule has 1 aromatic rings. The molecule has 0 aliphatic heterocycles. The zero-order chi connectivity index (χ0) is 13.0. The van der Waals surface area contributed by atoms with Crippen LogP contribution in [-0.4, -0.2) is 26.2 Å². The summed E-state index contributed by atoms with van der Waals surface area (Å²) < 4.78 is 10.5. The third-order valence-corrected chi connectivity index (χ3v) is 4.43. The van der Waals surface area contributed by atoms with Gasteiger partial charge in [0.2, 0.25) is 0 Å². The van der Waals surface area contributed by atoms with E-state index in [1.807, 2.05) is 11.8 Å². The van der Waals surface area contributed by atoms with Gasteiger partial charge < -0.3 is 15.2 Å². The summed E-state index contributed by atoms with van der Waals surface area (Å²) in [6.07, 6.45) is 3.23. The molecular formula is C14H21NO2S. The van der Waals surface area contributed by atoms with Gasteiger partial charge in [0, 0.05) is 24.2 Å². The molecule has 2 N–H and O–H groups in total. The van der Waals surface area contributed by atoms with Crippen molar-refractivity contribution >= 4 is 11.8 Å². The Morgan fingerprint density at radius 1 is 1.39 bits per heavy atom. The molecule has 4 heteroatoms. The molecule has 3 nitrogen and oxygen atoms in total. The molecule has 1 fully saturated rings. The lowest BCUT2D eigenvalue weighted by Gasteiger charge is -2.13. The van der Waals surface area contributed by atoms with E-state index in [2.05, 4.69) is 18.2 Å². The van der Waals surface area contributed by atoms with Gasteiger partial charge in [-0.15, -0.1) is 11.8 Å². The summed E-state index contributed by atoms with van der Waals surface area (Å²) in [7, 11) is 3.35. The van der Waals surface area contributed by atoms with E-state index in [9.17, 15) is 0 Å². The number of rotatable bonds is 7. The summed E-state index contributed by atoms with van der Waals surface area (Å²) in [5.41, 5.74) is 6.92. The van der Waals surface area contributed by atoms with Crippen molar-refractivity contribution in [2.75, 3.05) is 20.0 Å². The molecule has 18 heavy (non-hydrogen) atoms. The molecular weight excluding hydrogens is 246 g/mol. The second kappa shape index (κ2) is 6.45. The Balaban J connectivity index is 2.01. The number of benzene rings is 1. The Kier molecular flexibility index (Phi) is 4.92. The van der Waals surface area contributed by atoms with Crippen LogP contribution in [0.3, 0.4) is 0 Å². The number of ether oxygens (including phenoxy) is 2. The highest BCUT2D eigenvalue weighted by molar-refractivity contribution is 7.99. The highest BCUT2D eigenvalue weighted by Crippen LogP contribution is 2.38. The molecule has 1 aliphatic carbocycles. The standard InChI is InChI=1S/C14H21NO2S/c1-16-12-7-11(8-14(15)17-2)5-6-13(12)18-9-10-3-4-10/h5-7,10,14H,3-4,8-9,15H2,1-2H3. The Morgan fingerprint density at radius 2 is 2.17 bits per heavy atom. The molecule has 0 spiro atoms. The van der Waals surface area contributed by atoms with E-state index >= 15 is 0 Å². The van der Waals surface area contributed by atoms with Gasteiger partial charge in [-0.3, -0.25) is 0 Å². The molecule has 0 aromatic heterocycles. The second-order valence-corrected chi connectivity index (χ2v) is 5.78. The van der Waals surface area contributed by atoms with Gasteiger partial charge in [0.1, 0.15) is 12.0 Å². The fraction of sp³-hybridized carbons (Fsp3) is 0.571. The lowest BCUT2D eigenvalue weighted by molar-refractivity contribution is 0.109. The molecule has 100 valence electrons. The van der Waals surface area contributed by atoms with Crippen LogP contribution < -0.4 is 10.5 Å². The summed E-state index contributed by atoms with van der Waals surface area (Å²) >= 11 is 1.89. The van der Waals surface area contributed by atoms with E-state index in [4.69, 9.17) is 15.2 Å². The third kappa shape index (κ3) is 3.90. The van der Waals surface area contributed by atoms with E-state index in [0.29, 0.717) is 6.42 Å². The average Bonchev–Trinajstić information content (AvgIpc) is 3.21. The fourth-order valence-corrected chi connectivity index (χ4v) is 2.96. The van der Waals surface area contributed by atoms with Gasteiger partial charge in [-0.1, -0.05) is 6.07 Å². The minimum Gasteiger partial charge on any atom is -0.496 e. The molecule has 0 amide bonds. The quantitative estimate of drug-likeness (QED) is 0.609. The normalized spacial score (nSPS) is 16.6. The largest absolute Gasteiger partial charge is 0.496 e. The molecule has 2 rings (SSSR count). The molecule has 1 saturated carbocycles. The first kappa shape index (κ1) is 13.7. The summed E-state index contributed by atoms with van der Waals surface area (Å²) in [5, 5.41) is 0. The molecule has 1 unspecified atom stereocenters. The third-order valence-electron chi connectivity index (χ3n) is 3.14. The van der Waals surface area contributed by atoms with Crippen molar-refractivity contribution in [2.45, 2.75) is 30.4 Å². The maximum atomic E-state index is 5.77. The van der Waals surface area contributed by atoms with Crippen LogP contribution >= 0.6 is 11.8 Å². The lowest BCUT2D eigenvalue weighted by atomic mass is 10.1. The summed E-state index contributed by atoms with van der Waals surface area (Å²) in [6, 6.07) is 6.30. The van der Waals surface area contributed by atoms with Gasteiger partial charge in [0.15, 0.2) is 0 Å². The Bertz CT molecular complexity index is 393. The Morgan fingerprint density at radius 3 is 2.78 bits per heavy atom.